The molecule has 27 heavy (non-hydrogen) atoms. The third-order valence-corrected chi connectivity index (χ3v) is 5.06. The first-order valence-electron chi connectivity index (χ1n) is 8.06. The molecule has 0 aliphatic carbocycles. The van der Waals surface area contributed by atoms with Crippen LogP contribution in [0.1, 0.15) is 18.4 Å². The van der Waals surface area contributed by atoms with Crippen LogP contribution in [0.4, 0.5) is 29.7 Å². The molecule has 1 N–H and O–H groups in total. The molecule has 0 radical (unpaired) electrons. The SMILES string of the molecule is O=C(Nc1nccs1)C1CCN(c2ccc(C(F)(F)F)cc2[N+](=O)[O-])CC1. The van der Waals surface area contributed by atoms with Gasteiger partial charge in [-0.3, -0.25) is 14.9 Å². The molecule has 1 aliphatic rings. The van der Waals surface area contributed by atoms with E-state index >= 15 is 0 Å². The fourth-order valence-electron chi connectivity index (χ4n) is 2.99. The van der Waals surface area contributed by atoms with Gasteiger partial charge in [0, 0.05) is 36.7 Å². The number of anilines is 2. The van der Waals surface area contributed by atoms with Crippen LogP contribution < -0.4 is 10.2 Å². The Bertz CT molecular complexity index is 834. The van der Waals surface area contributed by atoms with Gasteiger partial charge >= 0.3 is 6.18 Å². The molecule has 0 unspecified atom stereocenters. The number of nitrogens with zero attached hydrogens (tertiary/aromatic N) is 3. The van der Waals surface area contributed by atoms with Crippen molar-refractivity contribution in [2.24, 2.45) is 5.92 Å². The molecule has 11 heteroatoms. The summed E-state index contributed by atoms with van der Waals surface area (Å²) in [5, 5.41) is 16.2. The Morgan fingerprint density at radius 2 is 2.04 bits per heavy atom. The largest absolute Gasteiger partial charge is 0.416 e. The summed E-state index contributed by atoms with van der Waals surface area (Å²) in [4.78, 5) is 28.3. The van der Waals surface area contributed by atoms with Crippen LogP contribution >= 0.6 is 11.3 Å². The number of halogens is 3. The normalized spacial score (nSPS) is 15.6. The number of carbonyl (C=O) groups is 1. The van der Waals surface area contributed by atoms with E-state index in [1.54, 1.807) is 16.5 Å². The van der Waals surface area contributed by atoms with Crippen LogP contribution in [-0.4, -0.2) is 28.9 Å². The van der Waals surface area contributed by atoms with Crippen molar-refractivity contribution in [1.29, 1.82) is 0 Å². The summed E-state index contributed by atoms with van der Waals surface area (Å²) >= 11 is 1.30. The minimum absolute atomic E-state index is 0.131. The van der Waals surface area contributed by atoms with E-state index in [2.05, 4.69) is 10.3 Å². The number of carbonyl (C=O) groups excluding carboxylic acids is 1. The molecular formula is C16H15F3N4O3S. The summed E-state index contributed by atoms with van der Waals surface area (Å²) in [6, 6.07) is 2.51. The molecule has 144 valence electrons. The number of nitro groups is 1. The number of amides is 1. The molecule has 1 aromatic heterocycles. The number of hydrogen-bond acceptors (Lipinski definition) is 6. The van der Waals surface area contributed by atoms with Gasteiger partial charge in [-0.25, -0.2) is 4.98 Å². The van der Waals surface area contributed by atoms with E-state index < -0.39 is 22.4 Å². The lowest BCUT2D eigenvalue weighted by atomic mass is 9.95. The van der Waals surface area contributed by atoms with Gasteiger partial charge in [0.1, 0.15) is 5.69 Å². The standard InChI is InChI=1S/C16H15F3N4O3S/c17-16(18,19)11-1-2-12(13(9-11)23(25)26)22-6-3-10(4-7-22)14(24)21-15-20-5-8-27-15/h1-2,5,8-10H,3-4,6-7H2,(H,20,21,24). The lowest BCUT2D eigenvalue weighted by Gasteiger charge is -2.32. The van der Waals surface area contributed by atoms with Gasteiger partial charge in [-0.05, 0) is 25.0 Å². The second kappa shape index (κ2) is 7.51. The van der Waals surface area contributed by atoms with Crippen LogP contribution in [0.15, 0.2) is 29.8 Å². The summed E-state index contributed by atoms with van der Waals surface area (Å²) in [6.07, 6.45) is -2.19. The van der Waals surface area contributed by atoms with Gasteiger partial charge in [-0.2, -0.15) is 13.2 Å². The number of rotatable bonds is 4. The van der Waals surface area contributed by atoms with Crippen molar-refractivity contribution in [1.82, 2.24) is 4.98 Å². The Morgan fingerprint density at radius 3 is 2.59 bits per heavy atom. The molecule has 1 saturated heterocycles. The smallest absolute Gasteiger partial charge is 0.366 e. The first-order chi connectivity index (χ1) is 12.8. The molecule has 0 spiro atoms. The highest BCUT2D eigenvalue weighted by molar-refractivity contribution is 7.13. The highest BCUT2D eigenvalue weighted by Crippen LogP contribution is 2.37. The van der Waals surface area contributed by atoms with Crippen LogP contribution in [0.5, 0.6) is 0 Å². The zero-order chi connectivity index (χ0) is 19.6. The molecule has 1 aliphatic heterocycles. The van der Waals surface area contributed by atoms with Gasteiger partial charge in [0.05, 0.1) is 10.5 Å². The van der Waals surface area contributed by atoms with Gasteiger partial charge in [0.2, 0.25) is 5.91 Å². The average Bonchev–Trinajstić information content (AvgIpc) is 3.13. The number of alkyl halides is 3. The fourth-order valence-corrected chi connectivity index (χ4v) is 3.52. The summed E-state index contributed by atoms with van der Waals surface area (Å²) in [7, 11) is 0. The Hall–Kier alpha value is -2.69. The minimum atomic E-state index is -4.65. The predicted molar refractivity (Wildman–Crippen MR) is 93.8 cm³/mol. The van der Waals surface area contributed by atoms with Crippen LogP contribution in [-0.2, 0) is 11.0 Å². The van der Waals surface area contributed by atoms with Crippen molar-refractivity contribution in [3.63, 3.8) is 0 Å². The fraction of sp³-hybridized carbons (Fsp3) is 0.375. The van der Waals surface area contributed by atoms with E-state index in [0.717, 1.165) is 12.1 Å². The van der Waals surface area contributed by atoms with E-state index in [1.807, 2.05) is 0 Å². The van der Waals surface area contributed by atoms with Crippen molar-refractivity contribution in [3.05, 3.63) is 45.5 Å². The lowest BCUT2D eigenvalue weighted by molar-refractivity contribution is -0.384. The number of benzene rings is 1. The van der Waals surface area contributed by atoms with Crippen molar-refractivity contribution < 1.29 is 22.9 Å². The Morgan fingerprint density at radius 1 is 1.33 bits per heavy atom. The lowest BCUT2D eigenvalue weighted by Crippen LogP contribution is -2.38. The molecule has 1 aromatic carbocycles. The molecule has 0 atom stereocenters. The van der Waals surface area contributed by atoms with Crippen molar-refractivity contribution in [2.45, 2.75) is 19.0 Å². The van der Waals surface area contributed by atoms with E-state index in [-0.39, 0.29) is 17.5 Å². The molecule has 1 fully saturated rings. The molecule has 2 aromatic rings. The number of aromatic nitrogens is 1. The molecule has 0 saturated carbocycles. The third-order valence-electron chi connectivity index (χ3n) is 4.37. The van der Waals surface area contributed by atoms with E-state index in [9.17, 15) is 28.1 Å². The predicted octanol–water partition coefficient (Wildman–Crippen LogP) is 3.93. The maximum atomic E-state index is 12.8. The first-order valence-corrected chi connectivity index (χ1v) is 8.94. The highest BCUT2D eigenvalue weighted by atomic mass is 32.1. The second-order valence-electron chi connectivity index (χ2n) is 6.05. The van der Waals surface area contributed by atoms with Gasteiger partial charge in [-0.1, -0.05) is 0 Å². The summed E-state index contributed by atoms with van der Waals surface area (Å²) < 4.78 is 38.4. The number of piperidine rings is 1. The number of hydrogen-bond donors (Lipinski definition) is 1. The van der Waals surface area contributed by atoms with Gasteiger partial charge in [-0.15, -0.1) is 11.3 Å². The summed E-state index contributed by atoms with van der Waals surface area (Å²) in [6.45, 7) is 0.671. The molecule has 2 heterocycles. The molecule has 7 nitrogen and oxygen atoms in total. The number of nitrogens with one attached hydrogen (secondary N) is 1. The highest BCUT2D eigenvalue weighted by Gasteiger charge is 2.35. The topological polar surface area (TPSA) is 88.4 Å². The van der Waals surface area contributed by atoms with Crippen molar-refractivity contribution >= 4 is 33.8 Å². The monoisotopic (exact) mass is 400 g/mol. The Labute approximate surface area is 156 Å². The molecule has 3 rings (SSSR count). The van der Waals surface area contributed by atoms with Crippen molar-refractivity contribution in [3.8, 4) is 0 Å². The number of nitro benzene ring substituents is 1. The maximum Gasteiger partial charge on any atom is 0.416 e. The molecule has 1 amide bonds. The van der Waals surface area contributed by atoms with Gasteiger partial charge in [0.25, 0.3) is 5.69 Å². The van der Waals surface area contributed by atoms with E-state index in [1.165, 1.54) is 11.3 Å². The molecule has 0 bridgehead atoms. The first kappa shape index (κ1) is 19.1. The van der Waals surface area contributed by atoms with Crippen LogP contribution in [0.25, 0.3) is 0 Å². The van der Waals surface area contributed by atoms with E-state index in [4.69, 9.17) is 0 Å². The summed E-state index contributed by atoms with van der Waals surface area (Å²) in [5.74, 6) is -0.454. The summed E-state index contributed by atoms with van der Waals surface area (Å²) in [5.41, 5.74) is -1.52. The quantitative estimate of drug-likeness (QED) is 0.621. The van der Waals surface area contributed by atoms with Crippen LogP contribution in [0.2, 0.25) is 0 Å². The van der Waals surface area contributed by atoms with Crippen LogP contribution in [0.3, 0.4) is 0 Å². The number of thiazole rings is 1. The average molecular weight is 400 g/mol. The minimum Gasteiger partial charge on any atom is -0.366 e. The third kappa shape index (κ3) is 4.35. The zero-order valence-electron chi connectivity index (χ0n) is 13.9. The van der Waals surface area contributed by atoms with Crippen molar-refractivity contribution in [2.75, 3.05) is 23.3 Å². The molecular weight excluding hydrogens is 385 g/mol. The second-order valence-corrected chi connectivity index (χ2v) is 6.94. The zero-order valence-corrected chi connectivity index (χ0v) is 14.7. The van der Waals surface area contributed by atoms with Gasteiger partial charge in [0.15, 0.2) is 5.13 Å². The Balaban J connectivity index is 1.70. The van der Waals surface area contributed by atoms with Crippen LogP contribution in [0, 0.1) is 16.0 Å². The maximum absolute atomic E-state index is 12.8. The van der Waals surface area contributed by atoms with E-state index in [0.29, 0.717) is 37.1 Å². The van der Waals surface area contributed by atoms with Gasteiger partial charge < -0.3 is 10.2 Å². The Kier molecular flexibility index (Phi) is 5.31.